The number of benzene rings is 1. The van der Waals surface area contributed by atoms with Crippen molar-refractivity contribution in [1.29, 1.82) is 0 Å². The molecule has 116 valence electrons. The van der Waals surface area contributed by atoms with E-state index in [0.29, 0.717) is 11.5 Å². The van der Waals surface area contributed by atoms with Gasteiger partial charge in [-0.2, -0.15) is 0 Å². The Morgan fingerprint density at radius 2 is 2.19 bits per heavy atom. The third-order valence-corrected chi connectivity index (χ3v) is 5.55. The fourth-order valence-corrected chi connectivity index (χ4v) is 4.51. The first-order chi connectivity index (χ1) is 10.2. The Bertz CT molecular complexity index is 463. The number of hydrogen-bond donors (Lipinski definition) is 1. The second-order valence-electron chi connectivity index (χ2n) is 6.83. The number of likely N-dealkylation sites (tertiary alicyclic amines) is 1. The fourth-order valence-electron chi connectivity index (χ4n) is 4.31. The molecular weight excluding hydrogens is 280 g/mol. The third-order valence-electron chi connectivity index (χ3n) is 5.31. The highest BCUT2D eigenvalue weighted by Gasteiger charge is 2.38. The number of nitrogens with zero attached hydrogens (tertiary/aromatic N) is 1. The minimum Gasteiger partial charge on any atom is -0.316 e. The molecule has 3 heteroatoms. The van der Waals surface area contributed by atoms with E-state index in [1.54, 1.807) is 0 Å². The molecule has 2 heterocycles. The van der Waals surface area contributed by atoms with Crippen LogP contribution in [0.15, 0.2) is 24.3 Å². The van der Waals surface area contributed by atoms with Gasteiger partial charge in [0.05, 0.1) is 0 Å². The summed E-state index contributed by atoms with van der Waals surface area (Å²) in [4.78, 5) is 2.71. The van der Waals surface area contributed by atoms with Gasteiger partial charge in [-0.25, -0.2) is 0 Å². The van der Waals surface area contributed by atoms with Crippen LogP contribution in [0.3, 0.4) is 0 Å². The first-order valence-electron chi connectivity index (χ1n) is 8.43. The second kappa shape index (κ2) is 6.68. The SMILES string of the molecule is CCC(c1cccc(Cl)c1)N1CCCC2(CCCNC2)C1. The molecule has 0 amide bonds. The van der Waals surface area contributed by atoms with E-state index < -0.39 is 0 Å². The minimum absolute atomic E-state index is 0.516. The van der Waals surface area contributed by atoms with Crippen LogP contribution in [0.25, 0.3) is 0 Å². The highest BCUT2D eigenvalue weighted by atomic mass is 35.5. The summed E-state index contributed by atoms with van der Waals surface area (Å²) in [5.74, 6) is 0. The topological polar surface area (TPSA) is 15.3 Å². The van der Waals surface area contributed by atoms with Crippen molar-refractivity contribution < 1.29 is 0 Å². The maximum atomic E-state index is 6.20. The lowest BCUT2D eigenvalue weighted by atomic mass is 9.74. The lowest BCUT2D eigenvalue weighted by Gasteiger charge is -2.48. The molecule has 2 nitrogen and oxygen atoms in total. The predicted molar refractivity (Wildman–Crippen MR) is 89.8 cm³/mol. The maximum absolute atomic E-state index is 6.20. The van der Waals surface area contributed by atoms with Crippen LogP contribution < -0.4 is 5.32 Å². The molecule has 1 aromatic rings. The van der Waals surface area contributed by atoms with Gasteiger partial charge in [-0.1, -0.05) is 30.7 Å². The molecule has 0 aromatic heterocycles. The Labute approximate surface area is 133 Å². The van der Waals surface area contributed by atoms with Crippen molar-refractivity contribution in [1.82, 2.24) is 10.2 Å². The zero-order chi connectivity index (χ0) is 14.7. The van der Waals surface area contributed by atoms with Crippen molar-refractivity contribution in [2.45, 2.75) is 45.1 Å². The summed E-state index contributed by atoms with van der Waals surface area (Å²) >= 11 is 6.20. The summed E-state index contributed by atoms with van der Waals surface area (Å²) in [6, 6.07) is 8.96. The molecule has 0 saturated carbocycles. The molecule has 2 aliphatic heterocycles. The maximum Gasteiger partial charge on any atom is 0.0409 e. The predicted octanol–water partition coefficient (Wildman–Crippen LogP) is 4.26. The average molecular weight is 307 g/mol. The van der Waals surface area contributed by atoms with Gasteiger partial charge in [0.1, 0.15) is 0 Å². The lowest BCUT2D eigenvalue weighted by Crippen LogP contribution is -2.51. The van der Waals surface area contributed by atoms with Crippen molar-refractivity contribution >= 4 is 11.6 Å². The zero-order valence-corrected chi connectivity index (χ0v) is 13.8. The number of piperidine rings is 2. The van der Waals surface area contributed by atoms with Gasteiger partial charge in [0.2, 0.25) is 0 Å². The Hall–Kier alpha value is -0.570. The molecule has 2 saturated heterocycles. The number of halogens is 1. The third kappa shape index (κ3) is 3.44. The first kappa shape index (κ1) is 15.3. The molecule has 2 fully saturated rings. The van der Waals surface area contributed by atoms with Crippen molar-refractivity contribution in [3.8, 4) is 0 Å². The molecule has 1 aromatic carbocycles. The molecule has 0 radical (unpaired) electrons. The summed E-state index contributed by atoms with van der Waals surface area (Å²) < 4.78 is 0. The van der Waals surface area contributed by atoms with Gasteiger partial charge in [-0.3, -0.25) is 4.90 Å². The van der Waals surface area contributed by atoms with E-state index >= 15 is 0 Å². The molecule has 3 rings (SSSR count). The fraction of sp³-hybridized carbons (Fsp3) is 0.667. The molecule has 2 unspecified atom stereocenters. The van der Waals surface area contributed by atoms with Gasteiger partial charge in [-0.05, 0) is 68.3 Å². The number of rotatable bonds is 3. The first-order valence-corrected chi connectivity index (χ1v) is 8.80. The van der Waals surface area contributed by atoms with Gasteiger partial charge in [0.15, 0.2) is 0 Å². The van der Waals surface area contributed by atoms with Crippen LogP contribution in [0.1, 0.15) is 50.6 Å². The standard InChI is InChI=1S/C18H27ClN2/c1-2-17(15-6-3-7-16(19)12-15)21-11-5-9-18(14-21)8-4-10-20-13-18/h3,6-7,12,17,20H,2,4-5,8-11,13-14H2,1H3. The molecule has 1 N–H and O–H groups in total. The van der Waals surface area contributed by atoms with Gasteiger partial charge < -0.3 is 5.32 Å². The van der Waals surface area contributed by atoms with E-state index in [0.717, 1.165) is 11.4 Å². The Kier molecular flexibility index (Phi) is 4.88. The van der Waals surface area contributed by atoms with Crippen molar-refractivity contribution in [3.05, 3.63) is 34.9 Å². The van der Waals surface area contributed by atoms with E-state index in [1.165, 1.54) is 57.4 Å². The van der Waals surface area contributed by atoms with Crippen molar-refractivity contribution in [2.75, 3.05) is 26.2 Å². The molecule has 0 bridgehead atoms. The van der Waals surface area contributed by atoms with Crippen LogP contribution in [0, 0.1) is 5.41 Å². The van der Waals surface area contributed by atoms with Crippen LogP contribution in [0.5, 0.6) is 0 Å². The van der Waals surface area contributed by atoms with E-state index in [9.17, 15) is 0 Å². The Balaban J connectivity index is 1.77. The van der Waals surface area contributed by atoms with Crippen LogP contribution in [0.2, 0.25) is 5.02 Å². The molecule has 2 atom stereocenters. The summed E-state index contributed by atoms with van der Waals surface area (Å²) in [6.07, 6.45) is 6.61. The average Bonchev–Trinajstić information content (AvgIpc) is 2.49. The Morgan fingerprint density at radius 3 is 2.90 bits per heavy atom. The molecular formula is C18H27ClN2. The lowest BCUT2D eigenvalue weighted by molar-refractivity contribution is 0.0356. The summed E-state index contributed by atoms with van der Waals surface area (Å²) in [5.41, 5.74) is 1.90. The second-order valence-corrected chi connectivity index (χ2v) is 7.27. The number of nitrogens with one attached hydrogen (secondary N) is 1. The molecule has 1 spiro atoms. The van der Waals surface area contributed by atoms with E-state index in [1.807, 2.05) is 6.07 Å². The zero-order valence-electron chi connectivity index (χ0n) is 13.1. The van der Waals surface area contributed by atoms with Gasteiger partial charge in [-0.15, -0.1) is 0 Å². The van der Waals surface area contributed by atoms with Gasteiger partial charge in [0, 0.05) is 24.2 Å². The quantitative estimate of drug-likeness (QED) is 0.898. The number of hydrogen-bond acceptors (Lipinski definition) is 2. The largest absolute Gasteiger partial charge is 0.316 e. The van der Waals surface area contributed by atoms with Gasteiger partial charge in [0.25, 0.3) is 0 Å². The van der Waals surface area contributed by atoms with Gasteiger partial charge >= 0.3 is 0 Å². The summed E-state index contributed by atoms with van der Waals surface area (Å²) in [5, 5.41) is 4.48. The highest BCUT2D eigenvalue weighted by Crippen LogP contribution is 2.39. The minimum atomic E-state index is 0.516. The summed E-state index contributed by atoms with van der Waals surface area (Å²) in [6.45, 7) is 7.17. The molecule has 0 aliphatic carbocycles. The van der Waals surface area contributed by atoms with Crippen LogP contribution in [0.4, 0.5) is 0 Å². The van der Waals surface area contributed by atoms with Crippen LogP contribution >= 0.6 is 11.6 Å². The van der Waals surface area contributed by atoms with E-state index in [2.05, 4.69) is 35.3 Å². The van der Waals surface area contributed by atoms with Crippen molar-refractivity contribution in [3.63, 3.8) is 0 Å². The normalized spacial score (nSPS) is 28.7. The highest BCUT2D eigenvalue weighted by molar-refractivity contribution is 6.30. The Morgan fingerprint density at radius 1 is 1.33 bits per heavy atom. The molecule has 21 heavy (non-hydrogen) atoms. The monoisotopic (exact) mass is 306 g/mol. The van der Waals surface area contributed by atoms with E-state index in [4.69, 9.17) is 11.6 Å². The summed E-state index contributed by atoms with van der Waals surface area (Å²) in [7, 11) is 0. The molecule has 2 aliphatic rings. The van der Waals surface area contributed by atoms with Crippen LogP contribution in [-0.4, -0.2) is 31.1 Å². The smallest absolute Gasteiger partial charge is 0.0409 e. The van der Waals surface area contributed by atoms with Crippen molar-refractivity contribution in [2.24, 2.45) is 5.41 Å². The van der Waals surface area contributed by atoms with Crippen LogP contribution in [-0.2, 0) is 0 Å². The van der Waals surface area contributed by atoms with E-state index in [-0.39, 0.29) is 0 Å².